The molecule has 0 spiro atoms. The van der Waals surface area contributed by atoms with Gasteiger partial charge in [-0.1, -0.05) is 0 Å². The van der Waals surface area contributed by atoms with E-state index in [1.165, 1.54) is 19.4 Å². The molecule has 0 saturated carbocycles. The van der Waals surface area contributed by atoms with Crippen LogP contribution in [-0.4, -0.2) is 67.1 Å². The van der Waals surface area contributed by atoms with Crippen molar-refractivity contribution in [1.29, 1.82) is 0 Å². The number of fused-ring (bicyclic) bond motifs is 1. The smallest absolute Gasteiger partial charge is 0.221 e. The van der Waals surface area contributed by atoms with Gasteiger partial charge in [-0.2, -0.15) is 0 Å². The summed E-state index contributed by atoms with van der Waals surface area (Å²) in [5.41, 5.74) is 5.85. The molecule has 0 aromatic heterocycles. The summed E-state index contributed by atoms with van der Waals surface area (Å²) in [4.78, 5) is 16.7. The Bertz CT molecular complexity index is 284. The summed E-state index contributed by atoms with van der Waals surface area (Å²) >= 11 is 0. The fraction of sp³-hybridized carbons (Fsp3) is 0.923. The summed E-state index contributed by atoms with van der Waals surface area (Å²) in [5.74, 6) is 0.127. The molecule has 2 heterocycles. The van der Waals surface area contributed by atoms with Crippen LogP contribution in [0, 0.1) is 0 Å². The van der Waals surface area contributed by atoms with E-state index in [0.717, 1.165) is 19.6 Å². The Labute approximate surface area is 110 Å². The first-order valence-electron chi connectivity index (χ1n) is 7.19. The fourth-order valence-corrected chi connectivity index (χ4v) is 3.19. The lowest BCUT2D eigenvalue weighted by Gasteiger charge is -2.41. The molecule has 0 aromatic rings. The van der Waals surface area contributed by atoms with Crippen molar-refractivity contribution in [2.45, 2.75) is 38.3 Å². The second-order valence-electron chi connectivity index (χ2n) is 5.37. The molecule has 18 heavy (non-hydrogen) atoms. The van der Waals surface area contributed by atoms with Gasteiger partial charge in [-0.3, -0.25) is 14.6 Å². The summed E-state index contributed by atoms with van der Waals surface area (Å²) in [6.07, 6.45) is 3.16. The second kappa shape index (κ2) is 6.50. The number of carbonyl (C=O) groups excluding carboxylic acids is 1. The van der Waals surface area contributed by atoms with Crippen molar-refractivity contribution >= 4 is 5.91 Å². The summed E-state index contributed by atoms with van der Waals surface area (Å²) in [5, 5.41) is 2.86. The predicted molar refractivity (Wildman–Crippen MR) is 72.3 cm³/mol. The normalized spacial score (nSPS) is 26.9. The van der Waals surface area contributed by atoms with Crippen LogP contribution in [0.5, 0.6) is 0 Å². The van der Waals surface area contributed by atoms with Crippen LogP contribution >= 0.6 is 0 Å². The molecule has 5 heteroatoms. The molecular weight excluding hydrogens is 228 g/mol. The van der Waals surface area contributed by atoms with Gasteiger partial charge >= 0.3 is 0 Å². The van der Waals surface area contributed by atoms with Gasteiger partial charge in [0.2, 0.25) is 5.91 Å². The fourth-order valence-electron chi connectivity index (χ4n) is 3.19. The number of piperazine rings is 1. The zero-order valence-corrected chi connectivity index (χ0v) is 11.4. The SMILES string of the molecule is CCNC(=O)CC(CN)N1CCN2CCCC2C1. The monoisotopic (exact) mass is 254 g/mol. The van der Waals surface area contributed by atoms with Gasteiger partial charge in [0.1, 0.15) is 0 Å². The van der Waals surface area contributed by atoms with Crippen molar-refractivity contribution in [3.8, 4) is 0 Å². The molecule has 3 N–H and O–H groups in total. The quantitative estimate of drug-likeness (QED) is 0.702. The number of nitrogens with one attached hydrogen (secondary N) is 1. The maximum atomic E-state index is 11.7. The van der Waals surface area contributed by atoms with E-state index in [-0.39, 0.29) is 11.9 Å². The van der Waals surface area contributed by atoms with Crippen molar-refractivity contribution in [3.63, 3.8) is 0 Å². The lowest BCUT2D eigenvalue weighted by atomic mass is 10.1. The molecule has 2 saturated heterocycles. The standard InChI is InChI=1S/C13H26N4O/c1-2-15-13(18)8-12(9-14)17-7-6-16-5-3-4-11(16)10-17/h11-12H,2-10,14H2,1H3,(H,15,18). The first-order valence-corrected chi connectivity index (χ1v) is 7.19. The molecule has 2 aliphatic heterocycles. The van der Waals surface area contributed by atoms with Crippen molar-refractivity contribution in [2.75, 3.05) is 39.3 Å². The molecule has 2 fully saturated rings. The van der Waals surface area contributed by atoms with Gasteiger partial charge in [0.25, 0.3) is 0 Å². The number of carbonyl (C=O) groups is 1. The highest BCUT2D eigenvalue weighted by Crippen LogP contribution is 2.23. The number of amides is 1. The van der Waals surface area contributed by atoms with Crippen LogP contribution in [0.25, 0.3) is 0 Å². The molecule has 2 unspecified atom stereocenters. The molecule has 0 bridgehead atoms. The van der Waals surface area contributed by atoms with Crippen LogP contribution in [0.4, 0.5) is 0 Å². The zero-order chi connectivity index (χ0) is 13.0. The van der Waals surface area contributed by atoms with E-state index in [0.29, 0.717) is 25.6 Å². The Morgan fingerprint density at radius 1 is 1.44 bits per heavy atom. The van der Waals surface area contributed by atoms with Crippen LogP contribution in [0.15, 0.2) is 0 Å². The minimum atomic E-state index is 0.127. The molecule has 0 aromatic carbocycles. The average Bonchev–Trinajstić information content (AvgIpc) is 2.83. The van der Waals surface area contributed by atoms with Crippen molar-refractivity contribution in [2.24, 2.45) is 5.73 Å². The number of rotatable bonds is 5. The van der Waals surface area contributed by atoms with E-state index in [4.69, 9.17) is 5.73 Å². The molecule has 2 rings (SSSR count). The van der Waals surface area contributed by atoms with Crippen LogP contribution in [-0.2, 0) is 4.79 Å². The molecule has 104 valence electrons. The third-order valence-corrected chi connectivity index (χ3v) is 4.20. The van der Waals surface area contributed by atoms with E-state index in [1.54, 1.807) is 0 Å². The van der Waals surface area contributed by atoms with Gasteiger partial charge in [-0.05, 0) is 26.3 Å². The lowest BCUT2D eigenvalue weighted by molar-refractivity contribution is -0.122. The van der Waals surface area contributed by atoms with Crippen molar-refractivity contribution in [1.82, 2.24) is 15.1 Å². The first kappa shape index (κ1) is 13.8. The average molecular weight is 254 g/mol. The molecule has 5 nitrogen and oxygen atoms in total. The summed E-state index contributed by atoms with van der Waals surface area (Å²) < 4.78 is 0. The van der Waals surface area contributed by atoms with E-state index in [9.17, 15) is 4.79 Å². The van der Waals surface area contributed by atoms with Gasteiger partial charge in [0.05, 0.1) is 0 Å². The van der Waals surface area contributed by atoms with Gasteiger partial charge in [0, 0.05) is 51.2 Å². The highest BCUT2D eigenvalue weighted by molar-refractivity contribution is 5.76. The van der Waals surface area contributed by atoms with Crippen molar-refractivity contribution in [3.05, 3.63) is 0 Å². The minimum absolute atomic E-state index is 0.127. The third-order valence-electron chi connectivity index (χ3n) is 4.20. The Morgan fingerprint density at radius 3 is 3.00 bits per heavy atom. The lowest BCUT2D eigenvalue weighted by Crippen LogP contribution is -2.55. The maximum absolute atomic E-state index is 11.7. The van der Waals surface area contributed by atoms with Crippen LogP contribution in [0.1, 0.15) is 26.2 Å². The number of nitrogens with zero attached hydrogens (tertiary/aromatic N) is 2. The highest BCUT2D eigenvalue weighted by atomic mass is 16.1. The first-order chi connectivity index (χ1) is 8.74. The Balaban J connectivity index is 1.86. The Morgan fingerprint density at radius 2 is 2.28 bits per heavy atom. The van der Waals surface area contributed by atoms with Crippen LogP contribution in [0.3, 0.4) is 0 Å². The van der Waals surface area contributed by atoms with Crippen LogP contribution in [0.2, 0.25) is 0 Å². The van der Waals surface area contributed by atoms with E-state index < -0.39 is 0 Å². The van der Waals surface area contributed by atoms with E-state index in [2.05, 4.69) is 15.1 Å². The molecule has 2 aliphatic rings. The number of hydrogen-bond donors (Lipinski definition) is 2. The molecule has 0 radical (unpaired) electrons. The van der Waals surface area contributed by atoms with Gasteiger partial charge in [-0.15, -0.1) is 0 Å². The molecular formula is C13H26N4O. The summed E-state index contributed by atoms with van der Waals surface area (Å²) in [6.45, 7) is 7.75. The second-order valence-corrected chi connectivity index (χ2v) is 5.37. The predicted octanol–water partition coefficient (Wildman–Crippen LogP) is -0.380. The summed E-state index contributed by atoms with van der Waals surface area (Å²) in [6, 6.07) is 0.904. The highest BCUT2D eigenvalue weighted by Gasteiger charge is 2.33. The van der Waals surface area contributed by atoms with E-state index in [1.807, 2.05) is 6.92 Å². The topological polar surface area (TPSA) is 61.6 Å². The van der Waals surface area contributed by atoms with Gasteiger partial charge in [0.15, 0.2) is 0 Å². The Hall–Kier alpha value is -0.650. The van der Waals surface area contributed by atoms with Crippen molar-refractivity contribution < 1.29 is 4.79 Å². The maximum Gasteiger partial charge on any atom is 0.221 e. The van der Waals surface area contributed by atoms with Gasteiger partial charge < -0.3 is 11.1 Å². The number of hydrogen-bond acceptors (Lipinski definition) is 4. The molecule has 1 amide bonds. The Kier molecular flexibility index (Phi) is 4.97. The number of nitrogens with two attached hydrogens (primary N) is 1. The molecule has 0 aliphatic carbocycles. The zero-order valence-electron chi connectivity index (χ0n) is 11.4. The molecule has 2 atom stereocenters. The summed E-state index contributed by atoms with van der Waals surface area (Å²) in [7, 11) is 0. The third kappa shape index (κ3) is 3.22. The van der Waals surface area contributed by atoms with Gasteiger partial charge in [-0.25, -0.2) is 0 Å². The van der Waals surface area contributed by atoms with Crippen LogP contribution < -0.4 is 11.1 Å². The minimum Gasteiger partial charge on any atom is -0.356 e. The largest absolute Gasteiger partial charge is 0.356 e. The van der Waals surface area contributed by atoms with E-state index >= 15 is 0 Å².